The van der Waals surface area contributed by atoms with Gasteiger partial charge in [-0.15, -0.1) is 0 Å². The quantitative estimate of drug-likeness (QED) is 0.940. The lowest BCUT2D eigenvalue weighted by atomic mass is 10.1. The molecule has 2 aromatic heterocycles. The van der Waals surface area contributed by atoms with E-state index in [1.165, 1.54) is 6.07 Å². The van der Waals surface area contributed by atoms with Crippen molar-refractivity contribution in [2.75, 3.05) is 19.7 Å². The number of ether oxygens (including phenoxy) is 1. The van der Waals surface area contributed by atoms with Gasteiger partial charge in [0, 0.05) is 24.8 Å². The van der Waals surface area contributed by atoms with Crippen molar-refractivity contribution in [1.29, 1.82) is 0 Å². The monoisotopic (exact) mass is 303 g/mol. The van der Waals surface area contributed by atoms with Crippen LogP contribution >= 0.6 is 0 Å². The van der Waals surface area contributed by atoms with Crippen molar-refractivity contribution in [3.8, 4) is 0 Å². The number of nitrogens with zero attached hydrogens (tertiary/aromatic N) is 2. The standard InChI is InChI=1S/C16H21N3O3/c1-10-8-15(20)18-16(17-10)12(3)19-6-7-21-14(9-19)13-5-4-11(2)22-13/h4-5,8,12,14H,6-7,9H2,1-3H3,(H,17,18,20)/t12-,14+/m0/s1. The van der Waals surface area contributed by atoms with Gasteiger partial charge in [-0.1, -0.05) is 0 Å². The summed E-state index contributed by atoms with van der Waals surface area (Å²) >= 11 is 0. The highest BCUT2D eigenvalue weighted by Gasteiger charge is 2.28. The maximum absolute atomic E-state index is 11.6. The summed E-state index contributed by atoms with van der Waals surface area (Å²) in [7, 11) is 0. The van der Waals surface area contributed by atoms with Gasteiger partial charge >= 0.3 is 0 Å². The summed E-state index contributed by atoms with van der Waals surface area (Å²) in [5.41, 5.74) is 0.623. The number of morpholine rings is 1. The molecule has 1 aliphatic heterocycles. The zero-order chi connectivity index (χ0) is 15.7. The van der Waals surface area contributed by atoms with Crippen molar-refractivity contribution in [3.63, 3.8) is 0 Å². The molecular weight excluding hydrogens is 282 g/mol. The maximum Gasteiger partial charge on any atom is 0.251 e. The van der Waals surface area contributed by atoms with Crippen LogP contribution in [0.1, 0.15) is 42.1 Å². The van der Waals surface area contributed by atoms with Crippen LogP contribution < -0.4 is 5.56 Å². The largest absolute Gasteiger partial charge is 0.464 e. The fraction of sp³-hybridized carbons (Fsp3) is 0.500. The van der Waals surface area contributed by atoms with Gasteiger partial charge in [0.15, 0.2) is 0 Å². The van der Waals surface area contributed by atoms with Crippen molar-refractivity contribution in [2.45, 2.75) is 32.9 Å². The number of aromatic amines is 1. The molecule has 0 unspecified atom stereocenters. The minimum atomic E-state index is -0.110. The van der Waals surface area contributed by atoms with E-state index in [2.05, 4.69) is 14.9 Å². The molecule has 1 saturated heterocycles. The zero-order valence-electron chi connectivity index (χ0n) is 13.1. The Kier molecular flexibility index (Phi) is 4.13. The van der Waals surface area contributed by atoms with Crippen molar-refractivity contribution in [3.05, 3.63) is 51.6 Å². The number of aromatic nitrogens is 2. The zero-order valence-corrected chi connectivity index (χ0v) is 13.1. The summed E-state index contributed by atoms with van der Waals surface area (Å²) in [4.78, 5) is 21.2. The number of hydrogen-bond acceptors (Lipinski definition) is 5. The molecule has 0 spiro atoms. The SMILES string of the molecule is Cc1cc(=O)[nH]c([C@H](C)N2CCO[C@@H](c3ccc(C)o3)C2)n1. The van der Waals surface area contributed by atoms with Gasteiger partial charge in [0.05, 0.1) is 12.6 Å². The number of furan rings is 1. The van der Waals surface area contributed by atoms with Crippen LogP contribution in [0.5, 0.6) is 0 Å². The average molecular weight is 303 g/mol. The van der Waals surface area contributed by atoms with E-state index in [4.69, 9.17) is 9.15 Å². The first-order valence-electron chi connectivity index (χ1n) is 7.53. The minimum Gasteiger partial charge on any atom is -0.464 e. The second-order valence-corrected chi connectivity index (χ2v) is 5.75. The second kappa shape index (κ2) is 6.06. The van der Waals surface area contributed by atoms with Crippen molar-refractivity contribution in [1.82, 2.24) is 14.9 Å². The van der Waals surface area contributed by atoms with Crippen LogP contribution in [0.2, 0.25) is 0 Å². The minimum absolute atomic E-state index is 0.0232. The second-order valence-electron chi connectivity index (χ2n) is 5.75. The molecule has 0 saturated carbocycles. The van der Waals surface area contributed by atoms with Gasteiger partial charge in [-0.25, -0.2) is 4.98 Å². The van der Waals surface area contributed by atoms with Crippen molar-refractivity contribution in [2.24, 2.45) is 0 Å². The van der Waals surface area contributed by atoms with E-state index >= 15 is 0 Å². The van der Waals surface area contributed by atoms with Gasteiger partial charge in [-0.2, -0.15) is 0 Å². The van der Waals surface area contributed by atoms with E-state index < -0.39 is 0 Å². The first kappa shape index (κ1) is 15.0. The fourth-order valence-electron chi connectivity index (χ4n) is 2.79. The van der Waals surface area contributed by atoms with E-state index in [9.17, 15) is 4.79 Å². The Morgan fingerprint density at radius 2 is 2.23 bits per heavy atom. The first-order chi connectivity index (χ1) is 10.5. The van der Waals surface area contributed by atoms with E-state index in [-0.39, 0.29) is 17.7 Å². The fourth-order valence-corrected chi connectivity index (χ4v) is 2.79. The molecule has 118 valence electrons. The van der Waals surface area contributed by atoms with Crippen LogP contribution in [0.25, 0.3) is 0 Å². The van der Waals surface area contributed by atoms with Crippen LogP contribution in [0.3, 0.4) is 0 Å². The maximum atomic E-state index is 11.6. The van der Waals surface area contributed by atoms with Crippen LogP contribution in [0, 0.1) is 13.8 Å². The predicted octanol–water partition coefficient (Wildman–Crippen LogP) is 2.11. The third kappa shape index (κ3) is 3.13. The topological polar surface area (TPSA) is 71.4 Å². The summed E-state index contributed by atoms with van der Waals surface area (Å²) < 4.78 is 11.5. The molecule has 3 rings (SSSR count). The molecule has 2 aromatic rings. The third-order valence-electron chi connectivity index (χ3n) is 4.01. The molecule has 0 aromatic carbocycles. The normalized spacial score (nSPS) is 21.0. The highest BCUT2D eigenvalue weighted by molar-refractivity contribution is 5.10. The van der Waals surface area contributed by atoms with E-state index in [0.717, 1.165) is 23.8 Å². The Balaban J connectivity index is 1.77. The Hall–Kier alpha value is -1.92. The number of rotatable bonds is 3. The van der Waals surface area contributed by atoms with Crippen LogP contribution in [0.15, 0.2) is 27.4 Å². The lowest BCUT2D eigenvalue weighted by molar-refractivity contribution is -0.0535. The lowest BCUT2D eigenvalue weighted by Crippen LogP contribution is -2.40. The molecular formula is C16H21N3O3. The van der Waals surface area contributed by atoms with Gasteiger partial charge < -0.3 is 14.1 Å². The Morgan fingerprint density at radius 1 is 1.41 bits per heavy atom. The molecule has 0 radical (unpaired) electrons. The van der Waals surface area contributed by atoms with Gasteiger partial charge in [0.1, 0.15) is 23.4 Å². The molecule has 0 amide bonds. The Bertz CT molecular complexity index is 707. The first-order valence-corrected chi connectivity index (χ1v) is 7.53. The summed E-state index contributed by atoms with van der Waals surface area (Å²) in [5.74, 6) is 2.43. The number of aryl methyl sites for hydroxylation is 2. The summed E-state index contributed by atoms with van der Waals surface area (Å²) in [5, 5.41) is 0. The number of H-pyrrole nitrogens is 1. The lowest BCUT2D eigenvalue weighted by Gasteiger charge is -2.35. The molecule has 0 bridgehead atoms. The van der Waals surface area contributed by atoms with Crippen LogP contribution in [-0.4, -0.2) is 34.6 Å². The summed E-state index contributed by atoms with van der Waals surface area (Å²) in [6.07, 6.45) is -0.0820. The van der Waals surface area contributed by atoms with Gasteiger partial charge in [0.25, 0.3) is 5.56 Å². The molecule has 1 aliphatic rings. The van der Waals surface area contributed by atoms with E-state index in [1.807, 2.05) is 32.9 Å². The molecule has 1 N–H and O–H groups in total. The molecule has 22 heavy (non-hydrogen) atoms. The Morgan fingerprint density at radius 3 is 2.91 bits per heavy atom. The molecule has 2 atom stereocenters. The smallest absolute Gasteiger partial charge is 0.251 e. The third-order valence-corrected chi connectivity index (χ3v) is 4.01. The molecule has 6 nitrogen and oxygen atoms in total. The van der Waals surface area contributed by atoms with E-state index in [1.54, 1.807) is 0 Å². The van der Waals surface area contributed by atoms with Gasteiger partial charge in [0.2, 0.25) is 0 Å². The highest BCUT2D eigenvalue weighted by atomic mass is 16.5. The van der Waals surface area contributed by atoms with Crippen LogP contribution in [0.4, 0.5) is 0 Å². The molecule has 0 aliphatic carbocycles. The number of hydrogen-bond donors (Lipinski definition) is 1. The van der Waals surface area contributed by atoms with Crippen molar-refractivity contribution < 1.29 is 9.15 Å². The molecule has 3 heterocycles. The average Bonchev–Trinajstić information content (AvgIpc) is 2.92. The molecule has 6 heteroatoms. The summed E-state index contributed by atoms with van der Waals surface area (Å²) in [6.45, 7) is 7.95. The summed E-state index contributed by atoms with van der Waals surface area (Å²) in [6, 6.07) is 5.43. The molecule has 1 fully saturated rings. The Labute approximate surface area is 129 Å². The predicted molar refractivity (Wildman–Crippen MR) is 81.7 cm³/mol. The van der Waals surface area contributed by atoms with Gasteiger partial charge in [-0.3, -0.25) is 9.69 Å². The van der Waals surface area contributed by atoms with Crippen molar-refractivity contribution >= 4 is 0 Å². The highest BCUT2D eigenvalue weighted by Crippen LogP contribution is 2.28. The van der Waals surface area contributed by atoms with Gasteiger partial charge in [-0.05, 0) is 32.9 Å². The van der Waals surface area contributed by atoms with Crippen LogP contribution in [-0.2, 0) is 4.74 Å². The van der Waals surface area contributed by atoms with E-state index in [0.29, 0.717) is 19.0 Å². The number of nitrogens with one attached hydrogen (secondary N) is 1.